The van der Waals surface area contributed by atoms with E-state index in [1.54, 1.807) is 36.4 Å². The summed E-state index contributed by atoms with van der Waals surface area (Å²) in [6, 6.07) is 12.7. The number of nitrogens with zero attached hydrogens (tertiary/aromatic N) is 1. The van der Waals surface area contributed by atoms with Gasteiger partial charge in [0.25, 0.3) is 5.69 Å². The first kappa shape index (κ1) is 16.9. The third kappa shape index (κ3) is 5.06. The van der Waals surface area contributed by atoms with Gasteiger partial charge < -0.3 is 10.6 Å². The molecule has 0 radical (unpaired) electrons. The first-order valence-corrected chi connectivity index (χ1v) is 7.05. The molecule has 122 valence electrons. The fourth-order valence-corrected chi connectivity index (χ4v) is 1.93. The van der Waals surface area contributed by atoms with E-state index in [-0.39, 0.29) is 11.6 Å². The third-order valence-electron chi connectivity index (χ3n) is 2.98. The van der Waals surface area contributed by atoms with Gasteiger partial charge in [0.15, 0.2) is 0 Å². The maximum Gasteiger partial charge on any atom is 0.271 e. The Morgan fingerprint density at radius 3 is 2.38 bits per heavy atom. The zero-order valence-electron chi connectivity index (χ0n) is 12.9. The van der Waals surface area contributed by atoms with Gasteiger partial charge >= 0.3 is 0 Å². The Hall–Kier alpha value is -3.48. The van der Waals surface area contributed by atoms with Gasteiger partial charge in [-0.05, 0) is 29.8 Å². The monoisotopic (exact) mass is 325 g/mol. The number of rotatable bonds is 5. The first-order valence-electron chi connectivity index (χ1n) is 7.05. The number of anilines is 2. The zero-order valence-corrected chi connectivity index (χ0v) is 12.9. The number of carbonyl (C=O) groups excluding carboxylic acids is 2. The highest BCUT2D eigenvalue weighted by atomic mass is 16.6. The van der Waals surface area contributed by atoms with E-state index < -0.39 is 10.8 Å². The van der Waals surface area contributed by atoms with Crippen molar-refractivity contribution in [2.75, 3.05) is 10.6 Å². The summed E-state index contributed by atoms with van der Waals surface area (Å²) < 4.78 is 0. The lowest BCUT2D eigenvalue weighted by atomic mass is 10.2. The van der Waals surface area contributed by atoms with Gasteiger partial charge in [0.05, 0.1) is 4.92 Å². The van der Waals surface area contributed by atoms with Crippen molar-refractivity contribution < 1.29 is 14.5 Å². The lowest BCUT2D eigenvalue weighted by Crippen LogP contribution is -2.07. The number of nitrogens with one attached hydrogen (secondary N) is 2. The lowest BCUT2D eigenvalue weighted by molar-refractivity contribution is -0.384. The number of amides is 2. The minimum absolute atomic E-state index is 0.0923. The maximum atomic E-state index is 11.9. The molecule has 24 heavy (non-hydrogen) atoms. The predicted molar refractivity (Wildman–Crippen MR) is 91.5 cm³/mol. The Kier molecular flexibility index (Phi) is 5.40. The average Bonchev–Trinajstić information content (AvgIpc) is 2.54. The molecule has 0 saturated heterocycles. The van der Waals surface area contributed by atoms with Crippen LogP contribution in [0.3, 0.4) is 0 Å². The number of carbonyl (C=O) groups is 2. The number of hydrogen-bond acceptors (Lipinski definition) is 4. The zero-order chi connectivity index (χ0) is 17.5. The van der Waals surface area contributed by atoms with E-state index in [4.69, 9.17) is 0 Å². The minimum atomic E-state index is -0.526. The van der Waals surface area contributed by atoms with Gasteiger partial charge in [-0.1, -0.05) is 18.2 Å². The second kappa shape index (κ2) is 7.68. The van der Waals surface area contributed by atoms with E-state index in [9.17, 15) is 19.7 Å². The number of non-ortho nitro benzene ring substituents is 1. The molecule has 0 aliphatic heterocycles. The summed E-state index contributed by atoms with van der Waals surface area (Å²) in [5.74, 6) is -0.559. The van der Waals surface area contributed by atoms with Crippen molar-refractivity contribution >= 4 is 35.0 Å². The van der Waals surface area contributed by atoms with Gasteiger partial charge in [-0.2, -0.15) is 0 Å². The van der Waals surface area contributed by atoms with Crippen LogP contribution < -0.4 is 10.6 Å². The third-order valence-corrected chi connectivity index (χ3v) is 2.98. The van der Waals surface area contributed by atoms with Gasteiger partial charge in [-0.15, -0.1) is 0 Å². The Morgan fingerprint density at radius 2 is 1.75 bits per heavy atom. The van der Waals surface area contributed by atoms with E-state index in [0.29, 0.717) is 11.4 Å². The number of hydrogen-bond donors (Lipinski definition) is 2. The Morgan fingerprint density at radius 1 is 1.04 bits per heavy atom. The van der Waals surface area contributed by atoms with E-state index >= 15 is 0 Å². The van der Waals surface area contributed by atoms with Crippen molar-refractivity contribution in [1.82, 2.24) is 0 Å². The van der Waals surface area contributed by atoms with Crippen molar-refractivity contribution in [3.05, 3.63) is 70.3 Å². The van der Waals surface area contributed by atoms with E-state index in [0.717, 1.165) is 5.56 Å². The number of nitro benzene ring substituents is 1. The molecule has 0 heterocycles. The topological polar surface area (TPSA) is 101 Å². The predicted octanol–water partition coefficient (Wildman–Crippen LogP) is 3.21. The normalized spacial score (nSPS) is 10.4. The summed E-state index contributed by atoms with van der Waals surface area (Å²) in [7, 11) is 0. The van der Waals surface area contributed by atoms with Crippen molar-refractivity contribution in [3.63, 3.8) is 0 Å². The highest BCUT2D eigenvalue weighted by Crippen LogP contribution is 2.17. The van der Waals surface area contributed by atoms with Crippen LogP contribution in [0.5, 0.6) is 0 Å². The second-order valence-electron chi connectivity index (χ2n) is 4.93. The van der Waals surface area contributed by atoms with Gasteiger partial charge in [0.2, 0.25) is 11.8 Å². The minimum Gasteiger partial charge on any atom is -0.326 e. The van der Waals surface area contributed by atoms with Crippen molar-refractivity contribution in [1.29, 1.82) is 0 Å². The molecule has 0 atom stereocenters. The van der Waals surface area contributed by atoms with Crippen LogP contribution in [-0.4, -0.2) is 16.7 Å². The second-order valence-corrected chi connectivity index (χ2v) is 4.93. The summed E-state index contributed by atoms with van der Waals surface area (Å²) in [5.41, 5.74) is 1.70. The number of benzene rings is 2. The molecule has 0 aliphatic carbocycles. The molecule has 0 aromatic heterocycles. The molecule has 0 spiro atoms. The van der Waals surface area contributed by atoms with Gasteiger partial charge in [0, 0.05) is 36.5 Å². The fourth-order valence-electron chi connectivity index (χ4n) is 1.93. The molecule has 2 aromatic rings. The standard InChI is InChI=1S/C17H15N3O4/c1-12(21)18-14-8-5-13(6-9-14)7-10-17(22)19-15-3-2-4-16(11-15)20(23)24/h2-11H,1H3,(H,18,21)(H,19,22)/b10-7+. The summed E-state index contributed by atoms with van der Waals surface area (Å²) in [4.78, 5) is 33.0. The molecule has 2 N–H and O–H groups in total. The molecule has 7 heteroatoms. The van der Waals surface area contributed by atoms with Gasteiger partial charge in [-0.25, -0.2) is 0 Å². The Bertz CT molecular complexity index is 798. The van der Waals surface area contributed by atoms with Crippen molar-refractivity contribution in [3.8, 4) is 0 Å². The van der Waals surface area contributed by atoms with Crippen LogP contribution >= 0.6 is 0 Å². The summed E-state index contributed by atoms with van der Waals surface area (Å²) in [6.07, 6.45) is 2.93. The van der Waals surface area contributed by atoms with Gasteiger partial charge in [-0.3, -0.25) is 19.7 Å². The summed E-state index contributed by atoms with van der Waals surface area (Å²) in [5, 5.41) is 15.9. The molecule has 2 amide bonds. The largest absolute Gasteiger partial charge is 0.326 e. The van der Waals surface area contributed by atoms with Crippen LogP contribution in [0.4, 0.5) is 17.1 Å². The van der Waals surface area contributed by atoms with E-state index in [2.05, 4.69) is 10.6 Å². The van der Waals surface area contributed by atoms with Crippen LogP contribution in [0.1, 0.15) is 12.5 Å². The van der Waals surface area contributed by atoms with Crippen molar-refractivity contribution in [2.45, 2.75) is 6.92 Å². The smallest absolute Gasteiger partial charge is 0.271 e. The fraction of sp³-hybridized carbons (Fsp3) is 0.0588. The van der Waals surface area contributed by atoms with Gasteiger partial charge in [0.1, 0.15) is 0 Å². The van der Waals surface area contributed by atoms with E-state index in [1.807, 2.05) is 0 Å². The first-order chi connectivity index (χ1) is 11.4. The van der Waals surface area contributed by atoms with Crippen LogP contribution in [0.2, 0.25) is 0 Å². The lowest BCUT2D eigenvalue weighted by Gasteiger charge is -2.03. The molecule has 0 bridgehead atoms. The molecule has 2 aromatic carbocycles. The Labute approximate surface area is 138 Å². The highest BCUT2D eigenvalue weighted by molar-refractivity contribution is 6.02. The number of nitro groups is 1. The average molecular weight is 325 g/mol. The van der Waals surface area contributed by atoms with Crippen LogP contribution in [0, 0.1) is 10.1 Å². The Balaban J connectivity index is 1.98. The maximum absolute atomic E-state index is 11.9. The SMILES string of the molecule is CC(=O)Nc1ccc(/C=C/C(=O)Nc2cccc([N+](=O)[O-])c2)cc1. The molecule has 7 nitrogen and oxygen atoms in total. The summed E-state index contributed by atoms with van der Waals surface area (Å²) >= 11 is 0. The van der Waals surface area contributed by atoms with Crippen LogP contribution in [-0.2, 0) is 9.59 Å². The van der Waals surface area contributed by atoms with Crippen LogP contribution in [0.15, 0.2) is 54.6 Å². The highest BCUT2D eigenvalue weighted by Gasteiger charge is 2.06. The molecule has 0 fully saturated rings. The molecular weight excluding hydrogens is 310 g/mol. The van der Waals surface area contributed by atoms with Crippen LogP contribution in [0.25, 0.3) is 6.08 Å². The quantitative estimate of drug-likeness (QED) is 0.500. The molecular formula is C17H15N3O4. The van der Waals surface area contributed by atoms with E-state index in [1.165, 1.54) is 31.2 Å². The molecule has 0 aliphatic rings. The molecule has 0 unspecified atom stereocenters. The molecule has 2 rings (SSSR count). The summed E-state index contributed by atoms with van der Waals surface area (Å²) in [6.45, 7) is 1.42. The molecule has 0 saturated carbocycles. The van der Waals surface area contributed by atoms with Crippen molar-refractivity contribution in [2.24, 2.45) is 0 Å².